The zero-order valence-electron chi connectivity index (χ0n) is 11.3. The fraction of sp³-hybridized carbons (Fsp3) is 0.600. The Morgan fingerprint density at radius 1 is 1.33 bits per heavy atom. The molecule has 1 fully saturated rings. The summed E-state index contributed by atoms with van der Waals surface area (Å²) in [5.74, 6) is 1.71. The first-order valence-corrected chi connectivity index (χ1v) is 7.72. The molecule has 0 aliphatic carbocycles. The molecule has 0 bridgehead atoms. The van der Waals surface area contributed by atoms with Crippen molar-refractivity contribution < 1.29 is 4.74 Å². The van der Waals surface area contributed by atoms with Crippen LogP contribution in [0.25, 0.3) is 0 Å². The maximum Gasteiger partial charge on any atom is 0.0588 e. The third-order valence-electron chi connectivity index (χ3n) is 4.00. The van der Waals surface area contributed by atoms with Gasteiger partial charge in [-0.2, -0.15) is 0 Å². The quantitative estimate of drug-likeness (QED) is 0.803. The van der Waals surface area contributed by atoms with E-state index in [4.69, 9.17) is 10.5 Å². The van der Waals surface area contributed by atoms with Gasteiger partial charge in [0.15, 0.2) is 0 Å². The lowest BCUT2D eigenvalue weighted by molar-refractivity contribution is -0.0883. The molecule has 1 aromatic carbocycles. The van der Waals surface area contributed by atoms with Crippen molar-refractivity contribution >= 4 is 11.8 Å². The molecule has 2 rings (SSSR count). The van der Waals surface area contributed by atoms with Gasteiger partial charge in [0.05, 0.1) is 13.2 Å². The third-order valence-corrected chi connectivity index (χ3v) is 4.90. The lowest BCUT2D eigenvalue weighted by Gasteiger charge is -2.46. The van der Waals surface area contributed by atoms with Crippen LogP contribution in [0.1, 0.15) is 25.8 Å². The minimum absolute atomic E-state index is 0.203. The maximum absolute atomic E-state index is 5.70. The Labute approximate surface area is 114 Å². The molecule has 0 saturated carbocycles. The number of hydrogen-bond acceptors (Lipinski definition) is 3. The molecule has 2 N–H and O–H groups in total. The lowest BCUT2D eigenvalue weighted by Crippen LogP contribution is -2.52. The van der Waals surface area contributed by atoms with Crippen molar-refractivity contribution in [1.82, 2.24) is 0 Å². The van der Waals surface area contributed by atoms with E-state index in [0.29, 0.717) is 5.92 Å². The zero-order chi connectivity index (χ0) is 13.0. The van der Waals surface area contributed by atoms with Gasteiger partial charge in [-0.25, -0.2) is 0 Å². The van der Waals surface area contributed by atoms with Gasteiger partial charge in [0.25, 0.3) is 0 Å². The minimum atomic E-state index is 0.203. The molecule has 1 aliphatic rings. The predicted molar refractivity (Wildman–Crippen MR) is 78.2 cm³/mol. The molecule has 0 spiro atoms. The van der Waals surface area contributed by atoms with Crippen LogP contribution in [0.4, 0.5) is 0 Å². The first kappa shape index (κ1) is 13.9. The first-order chi connectivity index (χ1) is 8.73. The van der Waals surface area contributed by atoms with Crippen LogP contribution in [0.15, 0.2) is 29.2 Å². The van der Waals surface area contributed by atoms with E-state index in [9.17, 15) is 0 Å². The van der Waals surface area contributed by atoms with Crippen LogP contribution in [-0.2, 0) is 10.2 Å². The molecule has 1 heterocycles. The second-order valence-corrected chi connectivity index (χ2v) is 6.42. The number of ether oxygens (including phenoxy) is 1. The van der Waals surface area contributed by atoms with E-state index in [1.807, 2.05) is 11.8 Å². The molecule has 100 valence electrons. The van der Waals surface area contributed by atoms with Gasteiger partial charge in [-0.1, -0.05) is 26.0 Å². The average Bonchev–Trinajstić information content (AvgIpc) is 2.30. The van der Waals surface area contributed by atoms with Gasteiger partial charge in [-0.05, 0) is 42.3 Å². The Bertz CT molecular complexity index is 373. The molecule has 1 unspecified atom stereocenters. The van der Waals surface area contributed by atoms with Crippen molar-refractivity contribution in [3.05, 3.63) is 29.8 Å². The van der Waals surface area contributed by atoms with E-state index >= 15 is 0 Å². The smallest absolute Gasteiger partial charge is 0.0588 e. The van der Waals surface area contributed by atoms with Crippen LogP contribution < -0.4 is 5.73 Å². The highest BCUT2D eigenvalue weighted by Gasteiger charge is 2.44. The molecule has 18 heavy (non-hydrogen) atoms. The normalized spacial score (nSPS) is 19.3. The summed E-state index contributed by atoms with van der Waals surface area (Å²) in [5.41, 5.74) is 7.32. The van der Waals surface area contributed by atoms with Crippen LogP contribution in [-0.4, -0.2) is 25.5 Å². The van der Waals surface area contributed by atoms with Crippen molar-refractivity contribution in [2.45, 2.75) is 30.6 Å². The summed E-state index contributed by atoms with van der Waals surface area (Å²) in [6, 6.07) is 9.01. The van der Waals surface area contributed by atoms with E-state index in [-0.39, 0.29) is 5.41 Å². The molecule has 0 aromatic heterocycles. The van der Waals surface area contributed by atoms with Crippen molar-refractivity contribution in [3.63, 3.8) is 0 Å². The van der Waals surface area contributed by atoms with Gasteiger partial charge in [-0.15, -0.1) is 11.8 Å². The van der Waals surface area contributed by atoms with E-state index < -0.39 is 0 Å². The number of nitrogens with two attached hydrogens (primary N) is 1. The fourth-order valence-electron chi connectivity index (χ4n) is 2.63. The van der Waals surface area contributed by atoms with Gasteiger partial charge in [0, 0.05) is 10.3 Å². The second kappa shape index (κ2) is 6.09. The number of hydrogen-bond donors (Lipinski definition) is 1. The van der Waals surface area contributed by atoms with Crippen LogP contribution in [0, 0.1) is 5.92 Å². The van der Waals surface area contributed by atoms with E-state index in [0.717, 1.165) is 31.9 Å². The zero-order valence-corrected chi connectivity index (χ0v) is 12.1. The van der Waals surface area contributed by atoms with Gasteiger partial charge >= 0.3 is 0 Å². The Morgan fingerprint density at radius 2 is 2.00 bits per heavy atom. The fourth-order valence-corrected chi connectivity index (χ4v) is 3.30. The van der Waals surface area contributed by atoms with Crippen molar-refractivity contribution in [2.24, 2.45) is 11.7 Å². The molecule has 0 amide bonds. The molecule has 3 heteroatoms. The molecular formula is C15H23NOS. The number of rotatable bonds is 6. The lowest BCUT2D eigenvalue weighted by atomic mass is 9.68. The van der Waals surface area contributed by atoms with Gasteiger partial charge in [-0.3, -0.25) is 0 Å². The standard InChI is InChI=1S/C15H23NOS/c1-3-18-14-6-4-13(5-7-14)15(10-17-11-15)12(2)8-9-16/h4-7,12H,3,8-11,16H2,1-2H3. The van der Waals surface area contributed by atoms with Gasteiger partial charge in [0.1, 0.15) is 0 Å². The van der Waals surface area contributed by atoms with Crippen molar-refractivity contribution in [2.75, 3.05) is 25.5 Å². The van der Waals surface area contributed by atoms with Gasteiger partial charge in [0.2, 0.25) is 0 Å². The molecule has 0 radical (unpaired) electrons. The van der Waals surface area contributed by atoms with Crippen LogP contribution >= 0.6 is 11.8 Å². The van der Waals surface area contributed by atoms with Crippen LogP contribution in [0.3, 0.4) is 0 Å². The van der Waals surface area contributed by atoms with Crippen molar-refractivity contribution in [3.8, 4) is 0 Å². The Hall–Kier alpha value is -0.510. The van der Waals surface area contributed by atoms with E-state index in [1.165, 1.54) is 10.5 Å². The largest absolute Gasteiger partial charge is 0.379 e. The molecule has 1 aliphatic heterocycles. The number of benzene rings is 1. The average molecular weight is 265 g/mol. The summed E-state index contributed by atoms with van der Waals surface area (Å²) >= 11 is 1.89. The van der Waals surface area contributed by atoms with Crippen LogP contribution in [0.2, 0.25) is 0 Å². The summed E-state index contributed by atoms with van der Waals surface area (Å²) in [6.07, 6.45) is 1.06. The molecule has 2 nitrogen and oxygen atoms in total. The topological polar surface area (TPSA) is 35.2 Å². The highest BCUT2D eigenvalue weighted by atomic mass is 32.2. The molecule has 1 aromatic rings. The van der Waals surface area contributed by atoms with Crippen molar-refractivity contribution in [1.29, 1.82) is 0 Å². The summed E-state index contributed by atoms with van der Waals surface area (Å²) in [5, 5.41) is 0. The molecule has 1 saturated heterocycles. The summed E-state index contributed by atoms with van der Waals surface area (Å²) in [7, 11) is 0. The first-order valence-electron chi connectivity index (χ1n) is 6.74. The Balaban J connectivity index is 2.16. The second-order valence-electron chi connectivity index (χ2n) is 5.08. The summed E-state index contributed by atoms with van der Waals surface area (Å²) < 4.78 is 5.49. The summed E-state index contributed by atoms with van der Waals surface area (Å²) in [4.78, 5) is 1.35. The highest BCUT2D eigenvalue weighted by Crippen LogP contribution is 2.41. The number of thioether (sulfide) groups is 1. The monoisotopic (exact) mass is 265 g/mol. The highest BCUT2D eigenvalue weighted by molar-refractivity contribution is 7.99. The predicted octanol–water partition coefficient (Wildman–Crippen LogP) is 3.05. The van der Waals surface area contributed by atoms with Gasteiger partial charge < -0.3 is 10.5 Å². The Kier molecular flexibility index (Phi) is 4.71. The maximum atomic E-state index is 5.70. The SMILES string of the molecule is CCSc1ccc(C2(C(C)CCN)COC2)cc1. The molecule has 1 atom stereocenters. The Morgan fingerprint density at radius 3 is 2.44 bits per heavy atom. The minimum Gasteiger partial charge on any atom is -0.379 e. The molecular weight excluding hydrogens is 242 g/mol. The van der Waals surface area contributed by atoms with E-state index in [1.54, 1.807) is 0 Å². The van der Waals surface area contributed by atoms with Crippen LogP contribution in [0.5, 0.6) is 0 Å². The third kappa shape index (κ3) is 2.58. The van der Waals surface area contributed by atoms with E-state index in [2.05, 4.69) is 38.1 Å². The summed E-state index contributed by atoms with van der Waals surface area (Å²) in [6.45, 7) is 6.92.